The van der Waals surface area contributed by atoms with Gasteiger partial charge in [0.15, 0.2) is 0 Å². The minimum Gasteiger partial charge on any atom is -0.489 e. The monoisotopic (exact) mass is 280 g/mol. The van der Waals surface area contributed by atoms with Crippen molar-refractivity contribution in [1.29, 1.82) is 0 Å². The molecule has 2 aromatic heterocycles. The molecule has 1 aromatic carbocycles. The molecule has 3 heterocycles. The number of nitrogens with zero attached hydrogens (tertiary/aromatic N) is 1. The molecule has 0 amide bonds. The van der Waals surface area contributed by atoms with E-state index in [1.807, 2.05) is 24.5 Å². The second-order valence-corrected chi connectivity index (χ2v) is 5.31. The lowest BCUT2D eigenvalue weighted by molar-refractivity contribution is 0.223. The molecule has 0 spiro atoms. The first-order valence-electron chi connectivity index (χ1n) is 7.18. The Balaban J connectivity index is 1.76. The molecule has 4 nitrogen and oxygen atoms in total. The number of furan rings is 1. The number of rotatable bonds is 3. The van der Waals surface area contributed by atoms with Crippen molar-refractivity contribution in [1.82, 2.24) is 10.3 Å². The fourth-order valence-corrected chi connectivity index (χ4v) is 2.79. The Kier molecular flexibility index (Phi) is 3.09. The van der Waals surface area contributed by atoms with Crippen LogP contribution in [0, 0.1) is 0 Å². The average Bonchev–Trinajstić information content (AvgIpc) is 3.20. The van der Waals surface area contributed by atoms with Gasteiger partial charge in [-0.15, -0.1) is 0 Å². The topological polar surface area (TPSA) is 47.3 Å². The van der Waals surface area contributed by atoms with Gasteiger partial charge in [-0.05, 0) is 42.6 Å². The summed E-state index contributed by atoms with van der Waals surface area (Å²) in [5.41, 5.74) is 2.10. The SMILES string of the molecule is c1cc(-c2cncc3ccc(O[C@H]4CCNC4)cc23)co1. The third kappa shape index (κ3) is 2.38. The molecule has 0 saturated carbocycles. The van der Waals surface area contributed by atoms with Crippen LogP contribution in [-0.2, 0) is 0 Å². The molecule has 3 aromatic rings. The molecule has 1 atom stereocenters. The van der Waals surface area contributed by atoms with E-state index in [1.54, 1.807) is 12.5 Å². The molecule has 1 fully saturated rings. The first-order chi connectivity index (χ1) is 10.4. The van der Waals surface area contributed by atoms with Crippen LogP contribution in [0.3, 0.4) is 0 Å². The number of nitrogens with one attached hydrogen (secondary N) is 1. The maximum atomic E-state index is 6.05. The van der Waals surface area contributed by atoms with Crippen LogP contribution in [-0.4, -0.2) is 24.2 Å². The summed E-state index contributed by atoms with van der Waals surface area (Å²) in [7, 11) is 0. The number of fused-ring (bicyclic) bond motifs is 1. The summed E-state index contributed by atoms with van der Waals surface area (Å²) in [5, 5.41) is 5.55. The van der Waals surface area contributed by atoms with Gasteiger partial charge in [0, 0.05) is 35.5 Å². The van der Waals surface area contributed by atoms with Gasteiger partial charge in [0.25, 0.3) is 0 Å². The second-order valence-electron chi connectivity index (χ2n) is 5.31. The molecule has 1 saturated heterocycles. The van der Waals surface area contributed by atoms with Crippen molar-refractivity contribution < 1.29 is 9.15 Å². The van der Waals surface area contributed by atoms with Crippen LogP contribution in [0.4, 0.5) is 0 Å². The third-order valence-electron chi connectivity index (χ3n) is 3.88. The van der Waals surface area contributed by atoms with Crippen molar-refractivity contribution in [3.05, 3.63) is 49.2 Å². The minimum absolute atomic E-state index is 0.265. The Hall–Kier alpha value is -2.33. The number of benzene rings is 1. The predicted octanol–water partition coefficient (Wildman–Crippen LogP) is 3.24. The molecule has 0 radical (unpaired) electrons. The summed E-state index contributed by atoms with van der Waals surface area (Å²) in [4.78, 5) is 4.31. The van der Waals surface area contributed by atoms with Gasteiger partial charge in [0.05, 0.1) is 12.5 Å². The predicted molar refractivity (Wildman–Crippen MR) is 81.3 cm³/mol. The highest BCUT2D eigenvalue weighted by Gasteiger charge is 2.16. The Bertz CT molecular complexity index is 747. The fraction of sp³-hybridized carbons (Fsp3) is 0.235. The largest absolute Gasteiger partial charge is 0.489 e. The molecule has 1 aliphatic heterocycles. The lowest BCUT2D eigenvalue weighted by atomic mass is 10.0. The Morgan fingerprint density at radius 3 is 3.05 bits per heavy atom. The number of hydrogen-bond acceptors (Lipinski definition) is 4. The highest BCUT2D eigenvalue weighted by atomic mass is 16.5. The van der Waals surface area contributed by atoms with Gasteiger partial charge in [0.2, 0.25) is 0 Å². The van der Waals surface area contributed by atoms with Gasteiger partial charge >= 0.3 is 0 Å². The maximum absolute atomic E-state index is 6.05. The van der Waals surface area contributed by atoms with Crippen molar-refractivity contribution in [2.45, 2.75) is 12.5 Å². The smallest absolute Gasteiger partial charge is 0.120 e. The van der Waals surface area contributed by atoms with Crippen LogP contribution in [0.15, 0.2) is 53.6 Å². The van der Waals surface area contributed by atoms with Crippen LogP contribution >= 0.6 is 0 Å². The highest BCUT2D eigenvalue weighted by molar-refractivity contribution is 5.96. The molecule has 0 aliphatic carbocycles. The van der Waals surface area contributed by atoms with Crippen molar-refractivity contribution in [3.63, 3.8) is 0 Å². The number of aromatic nitrogens is 1. The van der Waals surface area contributed by atoms with Gasteiger partial charge in [-0.2, -0.15) is 0 Å². The summed E-state index contributed by atoms with van der Waals surface area (Å²) in [5.74, 6) is 0.909. The maximum Gasteiger partial charge on any atom is 0.120 e. The zero-order valence-corrected chi connectivity index (χ0v) is 11.6. The third-order valence-corrected chi connectivity index (χ3v) is 3.88. The van der Waals surface area contributed by atoms with Crippen LogP contribution in [0.5, 0.6) is 5.75 Å². The van der Waals surface area contributed by atoms with E-state index in [1.165, 1.54) is 0 Å². The van der Waals surface area contributed by atoms with E-state index in [0.717, 1.165) is 47.2 Å². The summed E-state index contributed by atoms with van der Waals surface area (Å²) >= 11 is 0. The standard InChI is InChI=1S/C17H16N2O2/c1-2-14(21-15-3-5-18-9-15)7-16-12(1)8-19-10-17(16)13-4-6-20-11-13/h1-2,4,6-8,10-11,15,18H,3,5,9H2/t15-/m0/s1. The molecule has 0 unspecified atom stereocenters. The second kappa shape index (κ2) is 5.22. The van der Waals surface area contributed by atoms with E-state index in [-0.39, 0.29) is 6.10 Å². The molecule has 4 heteroatoms. The van der Waals surface area contributed by atoms with Gasteiger partial charge in [-0.1, -0.05) is 0 Å². The van der Waals surface area contributed by atoms with Crippen LogP contribution in [0.2, 0.25) is 0 Å². The zero-order chi connectivity index (χ0) is 14.1. The van der Waals surface area contributed by atoms with Crippen LogP contribution in [0.25, 0.3) is 21.9 Å². The summed E-state index contributed by atoms with van der Waals surface area (Å²) in [6.45, 7) is 1.95. The first kappa shape index (κ1) is 12.4. The van der Waals surface area contributed by atoms with Gasteiger partial charge in [-0.3, -0.25) is 4.98 Å². The van der Waals surface area contributed by atoms with Gasteiger partial charge in [-0.25, -0.2) is 0 Å². The number of ether oxygens (including phenoxy) is 1. The van der Waals surface area contributed by atoms with E-state index < -0.39 is 0 Å². The molecule has 1 N–H and O–H groups in total. The van der Waals surface area contributed by atoms with E-state index in [0.29, 0.717) is 0 Å². The van der Waals surface area contributed by atoms with E-state index in [2.05, 4.69) is 22.4 Å². The number of pyridine rings is 1. The normalized spacial score (nSPS) is 18.2. The fourth-order valence-electron chi connectivity index (χ4n) is 2.79. The van der Waals surface area contributed by atoms with Crippen molar-refractivity contribution in [2.75, 3.05) is 13.1 Å². The molecular formula is C17H16N2O2. The van der Waals surface area contributed by atoms with Gasteiger partial charge < -0.3 is 14.5 Å². The van der Waals surface area contributed by atoms with Crippen molar-refractivity contribution >= 4 is 10.8 Å². The van der Waals surface area contributed by atoms with E-state index in [9.17, 15) is 0 Å². The zero-order valence-electron chi connectivity index (χ0n) is 11.6. The lowest BCUT2D eigenvalue weighted by Gasteiger charge is -2.13. The Morgan fingerprint density at radius 2 is 2.24 bits per heavy atom. The lowest BCUT2D eigenvalue weighted by Crippen LogP contribution is -2.19. The first-order valence-corrected chi connectivity index (χ1v) is 7.18. The van der Waals surface area contributed by atoms with Crippen molar-refractivity contribution in [2.24, 2.45) is 0 Å². The van der Waals surface area contributed by atoms with Crippen molar-refractivity contribution in [3.8, 4) is 16.9 Å². The molecule has 1 aliphatic rings. The highest BCUT2D eigenvalue weighted by Crippen LogP contribution is 2.31. The Labute approximate surface area is 122 Å². The van der Waals surface area contributed by atoms with Crippen LogP contribution < -0.4 is 10.1 Å². The van der Waals surface area contributed by atoms with Crippen LogP contribution in [0.1, 0.15) is 6.42 Å². The molecule has 0 bridgehead atoms. The summed E-state index contributed by atoms with van der Waals surface area (Å²) in [6.07, 6.45) is 8.49. The average molecular weight is 280 g/mol. The molecule has 106 valence electrons. The van der Waals surface area contributed by atoms with E-state index in [4.69, 9.17) is 9.15 Å². The molecule has 21 heavy (non-hydrogen) atoms. The number of hydrogen-bond donors (Lipinski definition) is 1. The van der Waals surface area contributed by atoms with Gasteiger partial charge in [0.1, 0.15) is 11.9 Å². The molecule has 4 rings (SSSR count). The minimum atomic E-state index is 0.265. The summed E-state index contributed by atoms with van der Waals surface area (Å²) < 4.78 is 11.2. The molecular weight excluding hydrogens is 264 g/mol. The summed E-state index contributed by atoms with van der Waals surface area (Å²) in [6, 6.07) is 8.12. The quantitative estimate of drug-likeness (QED) is 0.800. The van der Waals surface area contributed by atoms with E-state index >= 15 is 0 Å². The Morgan fingerprint density at radius 1 is 1.24 bits per heavy atom.